The van der Waals surface area contributed by atoms with Gasteiger partial charge in [0.05, 0.1) is 25.1 Å². The van der Waals surface area contributed by atoms with E-state index < -0.39 is 0 Å². The molecule has 0 bridgehead atoms. The molecule has 2 aromatic heterocycles. The number of aromatic hydroxyl groups is 1. The van der Waals surface area contributed by atoms with Crippen LogP contribution in [0.3, 0.4) is 0 Å². The minimum Gasteiger partial charge on any atom is -0.504 e. The number of hydrazone groups is 1. The third-order valence-electron chi connectivity index (χ3n) is 4.29. The SMILES string of the molecule is COc1ccc([C@H]2CC(c3ccsc3)=NN2C(=O)c2ccco2)cc1O. The molecule has 0 radical (unpaired) electrons. The van der Waals surface area contributed by atoms with E-state index in [-0.39, 0.29) is 23.5 Å². The summed E-state index contributed by atoms with van der Waals surface area (Å²) < 4.78 is 10.4. The van der Waals surface area contributed by atoms with Crippen molar-refractivity contribution in [3.05, 3.63) is 70.3 Å². The Balaban J connectivity index is 1.72. The fraction of sp³-hybridized carbons (Fsp3) is 0.158. The first kappa shape index (κ1) is 16.4. The second-order valence-electron chi connectivity index (χ2n) is 5.84. The molecule has 0 spiro atoms. The van der Waals surface area contributed by atoms with Crippen LogP contribution in [0.5, 0.6) is 11.5 Å². The zero-order valence-electron chi connectivity index (χ0n) is 14.0. The summed E-state index contributed by atoms with van der Waals surface area (Å²) in [7, 11) is 1.49. The van der Waals surface area contributed by atoms with Crippen LogP contribution >= 0.6 is 11.3 Å². The zero-order valence-corrected chi connectivity index (χ0v) is 14.8. The molecule has 1 amide bonds. The van der Waals surface area contributed by atoms with Crippen molar-refractivity contribution >= 4 is 23.0 Å². The van der Waals surface area contributed by atoms with Crippen molar-refractivity contribution in [1.82, 2.24) is 5.01 Å². The molecule has 1 aliphatic heterocycles. The Bertz CT molecular complexity index is 948. The van der Waals surface area contributed by atoms with Crippen LogP contribution in [0, 0.1) is 0 Å². The number of rotatable bonds is 4. The second kappa shape index (κ2) is 6.68. The van der Waals surface area contributed by atoms with Gasteiger partial charge in [-0.1, -0.05) is 6.07 Å². The third-order valence-corrected chi connectivity index (χ3v) is 4.98. The van der Waals surface area contributed by atoms with E-state index in [1.165, 1.54) is 18.4 Å². The molecule has 0 saturated carbocycles. The molecule has 3 heterocycles. The number of benzene rings is 1. The minimum absolute atomic E-state index is 0.0272. The van der Waals surface area contributed by atoms with E-state index in [0.29, 0.717) is 12.2 Å². The number of hydrogen-bond donors (Lipinski definition) is 1. The summed E-state index contributed by atoms with van der Waals surface area (Å²) in [5.74, 6) is 0.317. The molecule has 6 nitrogen and oxygen atoms in total. The normalized spacial score (nSPS) is 16.6. The van der Waals surface area contributed by atoms with Crippen LogP contribution in [0.2, 0.25) is 0 Å². The Morgan fingerprint density at radius 3 is 2.92 bits per heavy atom. The molecule has 1 atom stereocenters. The number of carbonyl (C=O) groups excluding carboxylic acids is 1. The van der Waals surface area contributed by atoms with Gasteiger partial charge in [0.15, 0.2) is 17.3 Å². The molecule has 3 aromatic rings. The van der Waals surface area contributed by atoms with Gasteiger partial charge in [-0.05, 0) is 46.7 Å². The first-order chi connectivity index (χ1) is 12.7. The number of methoxy groups -OCH3 is 1. The molecule has 1 aromatic carbocycles. The highest BCUT2D eigenvalue weighted by atomic mass is 32.1. The minimum atomic E-state index is -0.334. The summed E-state index contributed by atoms with van der Waals surface area (Å²) in [6, 6.07) is 10.1. The second-order valence-corrected chi connectivity index (χ2v) is 6.62. The maximum atomic E-state index is 12.9. The van der Waals surface area contributed by atoms with Gasteiger partial charge in [0, 0.05) is 12.0 Å². The lowest BCUT2D eigenvalue weighted by molar-refractivity contribution is 0.0678. The largest absolute Gasteiger partial charge is 0.504 e. The van der Waals surface area contributed by atoms with Crippen LogP contribution in [0.25, 0.3) is 0 Å². The van der Waals surface area contributed by atoms with Gasteiger partial charge in [0.25, 0.3) is 0 Å². The van der Waals surface area contributed by atoms with Crippen molar-refractivity contribution in [2.75, 3.05) is 7.11 Å². The van der Waals surface area contributed by atoms with Gasteiger partial charge in [-0.15, -0.1) is 0 Å². The lowest BCUT2D eigenvalue weighted by Gasteiger charge is -2.21. The molecule has 7 heteroatoms. The fourth-order valence-corrected chi connectivity index (χ4v) is 3.65. The predicted octanol–water partition coefficient (Wildman–Crippen LogP) is 4.05. The summed E-state index contributed by atoms with van der Waals surface area (Å²) in [5.41, 5.74) is 2.59. The van der Waals surface area contributed by atoms with Gasteiger partial charge < -0.3 is 14.3 Å². The van der Waals surface area contributed by atoms with Crippen molar-refractivity contribution in [2.24, 2.45) is 5.10 Å². The van der Waals surface area contributed by atoms with Crippen molar-refractivity contribution in [3.63, 3.8) is 0 Å². The van der Waals surface area contributed by atoms with Crippen molar-refractivity contribution in [1.29, 1.82) is 0 Å². The summed E-state index contributed by atoms with van der Waals surface area (Å²) in [6.07, 6.45) is 2.01. The average molecular weight is 368 g/mol. The van der Waals surface area contributed by atoms with Crippen molar-refractivity contribution in [3.8, 4) is 11.5 Å². The first-order valence-corrected chi connectivity index (χ1v) is 8.95. The monoisotopic (exact) mass is 368 g/mol. The third kappa shape index (κ3) is 2.86. The molecule has 0 unspecified atom stereocenters. The highest BCUT2D eigenvalue weighted by Gasteiger charge is 2.35. The van der Waals surface area contributed by atoms with Crippen LogP contribution in [-0.2, 0) is 0 Å². The van der Waals surface area contributed by atoms with E-state index in [1.807, 2.05) is 22.9 Å². The molecule has 0 aliphatic carbocycles. The van der Waals surface area contributed by atoms with E-state index >= 15 is 0 Å². The van der Waals surface area contributed by atoms with E-state index in [1.54, 1.807) is 35.6 Å². The van der Waals surface area contributed by atoms with Crippen LogP contribution in [0.4, 0.5) is 0 Å². The van der Waals surface area contributed by atoms with Crippen LogP contribution in [-0.4, -0.2) is 28.8 Å². The number of ether oxygens (including phenoxy) is 1. The molecule has 0 fully saturated rings. The predicted molar refractivity (Wildman–Crippen MR) is 97.8 cm³/mol. The molecular formula is C19H16N2O4S. The number of phenols is 1. The number of hydrogen-bond acceptors (Lipinski definition) is 6. The number of carbonyl (C=O) groups is 1. The Morgan fingerprint density at radius 2 is 2.27 bits per heavy atom. The molecule has 132 valence electrons. The van der Waals surface area contributed by atoms with Crippen LogP contribution < -0.4 is 4.74 Å². The topological polar surface area (TPSA) is 75.3 Å². The quantitative estimate of drug-likeness (QED) is 0.754. The molecular weight excluding hydrogens is 352 g/mol. The van der Waals surface area contributed by atoms with Gasteiger partial charge >= 0.3 is 5.91 Å². The molecule has 1 aliphatic rings. The van der Waals surface area contributed by atoms with Crippen LogP contribution in [0.1, 0.15) is 34.1 Å². The lowest BCUT2D eigenvalue weighted by atomic mass is 9.99. The van der Waals surface area contributed by atoms with E-state index in [2.05, 4.69) is 5.10 Å². The summed E-state index contributed by atoms with van der Waals surface area (Å²) in [6.45, 7) is 0. The summed E-state index contributed by atoms with van der Waals surface area (Å²) >= 11 is 1.58. The number of nitrogens with zero attached hydrogens (tertiary/aromatic N) is 2. The van der Waals surface area contributed by atoms with Crippen LogP contribution in [0.15, 0.2) is 62.9 Å². The summed E-state index contributed by atoms with van der Waals surface area (Å²) in [5, 5.41) is 20.1. The Labute approximate surface area is 153 Å². The zero-order chi connectivity index (χ0) is 18.1. The van der Waals surface area contributed by atoms with Gasteiger partial charge in [-0.25, -0.2) is 5.01 Å². The van der Waals surface area contributed by atoms with Crippen molar-refractivity contribution in [2.45, 2.75) is 12.5 Å². The first-order valence-electron chi connectivity index (χ1n) is 8.01. The molecule has 26 heavy (non-hydrogen) atoms. The maximum absolute atomic E-state index is 12.9. The molecule has 1 N–H and O–H groups in total. The Hall–Kier alpha value is -3.06. The Kier molecular flexibility index (Phi) is 4.22. The van der Waals surface area contributed by atoms with Crippen molar-refractivity contribution < 1.29 is 19.1 Å². The smallest absolute Gasteiger partial charge is 0.310 e. The van der Waals surface area contributed by atoms with Gasteiger partial charge in [-0.3, -0.25) is 4.79 Å². The average Bonchev–Trinajstić information content (AvgIpc) is 3.42. The van der Waals surface area contributed by atoms with E-state index in [4.69, 9.17) is 9.15 Å². The standard InChI is InChI=1S/C19H16N2O4S/c1-24-17-5-4-12(9-16(17)22)15-10-14(13-6-8-26-11-13)20-21(15)19(23)18-3-2-7-25-18/h2-9,11,15,22H,10H2,1H3/t15-/m1/s1. The highest BCUT2D eigenvalue weighted by Crippen LogP contribution is 2.37. The highest BCUT2D eigenvalue weighted by molar-refractivity contribution is 7.08. The molecule has 4 rings (SSSR count). The van der Waals surface area contributed by atoms with Gasteiger partial charge in [0.2, 0.25) is 0 Å². The number of furan rings is 1. The lowest BCUT2D eigenvalue weighted by Crippen LogP contribution is -2.26. The van der Waals surface area contributed by atoms with Gasteiger partial charge in [-0.2, -0.15) is 16.4 Å². The Morgan fingerprint density at radius 1 is 1.38 bits per heavy atom. The summed E-state index contributed by atoms with van der Waals surface area (Å²) in [4.78, 5) is 12.9. The fourth-order valence-electron chi connectivity index (χ4n) is 2.99. The number of amides is 1. The maximum Gasteiger partial charge on any atom is 0.310 e. The molecule has 0 saturated heterocycles. The van der Waals surface area contributed by atoms with Gasteiger partial charge in [0.1, 0.15) is 0 Å². The van der Waals surface area contributed by atoms with E-state index in [0.717, 1.165) is 16.8 Å². The number of thiophene rings is 1. The number of phenolic OH excluding ortho intramolecular Hbond substituents is 1. The van der Waals surface area contributed by atoms with E-state index in [9.17, 15) is 9.90 Å².